The maximum atomic E-state index is 13.4. The van der Waals surface area contributed by atoms with Gasteiger partial charge < -0.3 is 24.6 Å². The van der Waals surface area contributed by atoms with Crippen LogP contribution in [0.25, 0.3) is 0 Å². The quantitative estimate of drug-likeness (QED) is 0.432. The minimum absolute atomic E-state index is 0.0301. The summed E-state index contributed by atoms with van der Waals surface area (Å²) in [7, 11) is 2.83. The van der Waals surface area contributed by atoms with E-state index in [1.54, 1.807) is 7.11 Å². The highest BCUT2D eigenvalue weighted by atomic mass is 16.6. The van der Waals surface area contributed by atoms with Crippen LogP contribution in [0.1, 0.15) is 56.1 Å². The van der Waals surface area contributed by atoms with Gasteiger partial charge in [0.15, 0.2) is 23.0 Å². The van der Waals surface area contributed by atoms with Crippen LogP contribution in [0.4, 0.5) is 5.69 Å². The van der Waals surface area contributed by atoms with Crippen LogP contribution < -0.4 is 19.5 Å². The molecular formula is C26H28N2O8. The van der Waals surface area contributed by atoms with Crippen LogP contribution in [0.3, 0.4) is 0 Å². The first-order valence-corrected chi connectivity index (χ1v) is 11.6. The summed E-state index contributed by atoms with van der Waals surface area (Å²) in [5.41, 5.74) is 1.63. The summed E-state index contributed by atoms with van der Waals surface area (Å²) < 4.78 is 16.4. The average molecular weight is 497 g/mol. The first kappa shape index (κ1) is 25.0. The van der Waals surface area contributed by atoms with Crippen molar-refractivity contribution in [2.75, 3.05) is 14.2 Å². The third kappa shape index (κ3) is 4.71. The van der Waals surface area contributed by atoms with Crippen molar-refractivity contribution in [1.82, 2.24) is 5.32 Å². The summed E-state index contributed by atoms with van der Waals surface area (Å²) in [6, 6.07) is 8.18. The zero-order valence-electron chi connectivity index (χ0n) is 20.5. The number of phenols is 1. The summed E-state index contributed by atoms with van der Waals surface area (Å²) in [5, 5.41) is 24.5. The second kappa shape index (κ2) is 9.88. The highest BCUT2D eigenvalue weighted by Crippen LogP contribution is 2.46. The predicted octanol–water partition coefficient (Wildman–Crippen LogP) is 4.11. The Morgan fingerprint density at radius 1 is 1.00 bits per heavy atom. The molecule has 4 rings (SSSR count). The van der Waals surface area contributed by atoms with Gasteiger partial charge in [0.05, 0.1) is 25.2 Å². The lowest BCUT2D eigenvalue weighted by Crippen LogP contribution is -2.38. The third-order valence-electron chi connectivity index (χ3n) is 6.45. The van der Waals surface area contributed by atoms with Crippen molar-refractivity contribution in [2.45, 2.75) is 51.0 Å². The molecule has 2 unspecified atom stereocenters. The molecule has 2 N–H and O–H groups in total. The van der Waals surface area contributed by atoms with Crippen molar-refractivity contribution in [3.05, 3.63) is 62.8 Å². The van der Waals surface area contributed by atoms with Gasteiger partial charge in [-0.15, -0.1) is 0 Å². The van der Waals surface area contributed by atoms with E-state index in [0.29, 0.717) is 34.8 Å². The molecule has 0 fully saturated rings. The molecule has 0 bridgehead atoms. The maximum absolute atomic E-state index is 13.4. The molecule has 0 aromatic heterocycles. The van der Waals surface area contributed by atoms with Gasteiger partial charge in [-0.1, -0.05) is 6.07 Å². The molecule has 10 nitrogen and oxygen atoms in total. The van der Waals surface area contributed by atoms with E-state index >= 15 is 0 Å². The number of hydrogen-bond donors (Lipinski definition) is 2. The van der Waals surface area contributed by atoms with E-state index in [1.165, 1.54) is 19.2 Å². The number of Topliss-reactive ketones (excluding diaryl/α,β-unsaturated/α-hetero) is 1. The molecular weight excluding hydrogens is 468 g/mol. The Balaban J connectivity index is 1.72. The minimum atomic E-state index is -0.724. The zero-order valence-corrected chi connectivity index (χ0v) is 20.5. The number of carbonyl (C=O) groups is 2. The van der Waals surface area contributed by atoms with Crippen LogP contribution in [-0.4, -0.2) is 42.0 Å². The molecule has 1 aliphatic carbocycles. The van der Waals surface area contributed by atoms with Crippen LogP contribution in [0, 0.1) is 10.1 Å². The van der Waals surface area contributed by atoms with Gasteiger partial charge in [-0.2, -0.15) is 0 Å². The van der Waals surface area contributed by atoms with Gasteiger partial charge in [0.1, 0.15) is 0 Å². The van der Waals surface area contributed by atoms with Crippen LogP contribution in [0.15, 0.2) is 41.6 Å². The van der Waals surface area contributed by atoms with Gasteiger partial charge >= 0.3 is 5.69 Å². The summed E-state index contributed by atoms with van der Waals surface area (Å²) >= 11 is 0. The summed E-state index contributed by atoms with van der Waals surface area (Å²) in [5.74, 6) is -0.858. The second-order valence-electron chi connectivity index (χ2n) is 9.15. The Hall–Kier alpha value is -4.08. The summed E-state index contributed by atoms with van der Waals surface area (Å²) in [6.07, 6.45) is 0.539. The standard InChI is InChI=1S/C26H28N2O8/c1-13(2)36-21-6-5-14(10-22(21)34-3)15-7-18-25(20(29)9-15)17(12-24(30)27-18)16-8-19(28(32)33)26(31)23(11-16)35-4/h5-6,8,10-11,13,15,17,31H,7,9,12H2,1-4H3,(H,27,30). The van der Waals surface area contributed by atoms with E-state index in [1.807, 2.05) is 32.0 Å². The molecule has 2 aliphatic rings. The number of amides is 1. The number of nitro benzene ring substituents is 1. The molecule has 1 aliphatic heterocycles. The maximum Gasteiger partial charge on any atom is 0.314 e. The van der Waals surface area contributed by atoms with E-state index in [4.69, 9.17) is 14.2 Å². The van der Waals surface area contributed by atoms with Crippen molar-refractivity contribution in [3.8, 4) is 23.0 Å². The van der Waals surface area contributed by atoms with E-state index < -0.39 is 22.3 Å². The number of phenolic OH excluding ortho intramolecular Hbond substituents is 1. The first-order valence-electron chi connectivity index (χ1n) is 11.6. The topological polar surface area (TPSA) is 137 Å². The van der Waals surface area contributed by atoms with Crippen molar-refractivity contribution in [2.24, 2.45) is 0 Å². The number of ketones is 1. The molecule has 1 heterocycles. The number of nitrogens with one attached hydrogen (secondary N) is 1. The molecule has 0 radical (unpaired) electrons. The van der Waals surface area contributed by atoms with Gasteiger partial charge in [0, 0.05) is 36.1 Å². The van der Waals surface area contributed by atoms with Crippen LogP contribution >= 0.6 is 0 Å². The lowest BCUT2D eigenvalue weighted by atomic mass is 9.73. The van der Waals surface area contributed by atoms with E-state index in [0.717, 1.165) is 5.56 Å². The number of nitrogens with zero attached hydrogens (tertiary/aromatic N) is 1. The molecule has 36 heavy (non-hydrogen) atoms. The highest BCUT2D eigenvalue weighted by Gasteiger charge is 2.39. The molecule has 2 aromatic rings. The molecule has 190 valence electrons. The highest BCUT2D eigenvalue weighted by molar-refractivity contribution is 6.02. The number of nitro groups is 1. The van der Waals surface area contributed by atoms with Gasteiger partial charge in [-0.05, 0) is 55.5 Å². The summed E-state index contributed by atoms with van der Waals surface area (Å²) in [6.45, 7) is 3.84. The number of ether oxygens (including phenoxy) is 3. The number of allylic oxidation sites excluding steroid dienone is 2. The second-order valence-corrected chi connectivity index (χ2v) is 9.15. The molecule has 2 atom stereocenters. The predicted molar refractivity (Wildman–Crippen MR) is 130 cm³/mol. The average Bonchev–Trinajstić information content (AvgIpc) is 2.83. The number of benzene rings is 2. The third-order valence-corrected chi connectivity index (χ3v) is 6.45. The monoisotopic (exact) mass is 496 g/mol. The first-order chi connectivity index (χ1) is 17.1. The van der Waals surface area contributed by atoms with Crippen molar-refractivity contribution >= 4 is 17.4 Å². The largest absolute Gasteiger partial charge is 0.500 e. The van der Waals surface area contributed by atoms with Gasteiger partial charge in [0.25, 0.3) is 0 Å². The van der Waals surface area contributed by atoms with Crippen molar-refractivity contribution in [3.63, 3.8) is 0 Å². The van der Waals surface area contributed by atoms with Crippen molar-refractivity contribution < 1.29 is 33.8 Å². The molecule has 0 saturated carbocycles. The number of carbonyl (C=O) groups excluding carboxylic acids is 2. The summed E-state index contributed by atoms with van der Waals surface area (Å²) in [4.78, 5) is 36.8. The zero-order chi connectivity index (χ0) is 26.1. The van der Waals surface area contributed by atoms with Gasteiger partial charge in [0.2, 0.25) is 11.7 Å². The fourth-order valence-electron chi connectivity index (χ4n) is 4.88. The Morgan fingerprint density at radius 2 is 1.69 bits per heavy atom. The van der Waals surface area contributed by atoms with Gasteiger partial charge in [-0.3, -0.25) is 19.7 Å². The number of rotatable bonds is 7. The van der Waals surface area contributed by atoms with E-state index in [2.05, 4.69) is 5.32 Å². The Morgan fingerprint density at radius 3 is 2.33 bits per heavy atom. The molecule has 2 aromatic carbocycles. The molecule has 1 amide bonds. The lowest BCUT2D eigenvalue weighted by Gasteiger charge is -2.34. The normalized spacial score (nSPS) is 19.6. The minimum Gasteiger partial charge on any atom is -0.500 e. The molecule has 10 heteroatoms. The van der Waals surface area contributed by atoms with Crippen LogP contribution in [-0.2, 0) is 9.59 Å². The molecule has 0 saturated heterocycles. The van der Waals surface area contributed by atoms with Crippen molar-refractivity contribution in [1.29, 1.82) is 0 Å². The van der Waals surface area contributed by atoms with Gasteiger partial charge in [-0.25, -0.2) is 0 Å². The fourth-order valence-corrected chi connectivity index (χ4v) is 4.88. The fraction of sp³-hybridized carbons (Fsp3) is 0.385. The lowest BCUT2D eigenvalue weighted by molar-refractivity contribution is -0.386. The van der Waals surface area contributed by atoms with E-state index in [-0.39, 0.29) is 42.3 Å². The van der Waals surface area contributed by atoms with Crippen LogP contribution in [0.2, 0.25) is 0 Å². The van der Waals surface area contributed by atoms with Crippen LogP contribution in [0.5, 0.6) is 23.0 Å². The molecule has 0 spiro atoms. The number of aromatic hydroxyl groups is 1. The Labute approximate surface area is 208 Å². The Kier molecular flexibility index (Phi) is 6.87. The Bertz CT molecular complexity index is 1270. The number of methoxy groups -OCH3 is 2. The van der Waals surface area contributed by atoms with E-state index in [9.17, 15) is 24.8 Å². The SMILES string of the molecule is COc1cc(C2CC(=O)C3=C(C2)NC(=O)CC3c2cc(OC)c(O)c([N+](=O)[O-])c2)ccc1OC(C)C. The smallest absolute Gasteiger partial charge is 0.314 e. The number of hydrogen-bond acceptors (Lipinski definition) is 8.